The van der Waals surface area contributed by atoms with Gasteiger partial charge in [0.15, 0.2) is 0 Å². The van der Waals surface area contributed by atoms with Crippen molar-refractivity contribution in [3.8, 4) is 0 Å². The summed E-state index contributed by atoms with van der Waals surface area (Å²) in [6.45, 7) is 4.04. The molecule has 0 bridgehead atoms. The van der Waals surface area contributed by atoms with Crippen LogP contribution in [0.2, 0.25) is 0 Å². The summed E-state index contributed by atoms with van der Waals surface area (Å²) in [5.74, 6) is 1.93. The molecule has 0 atom stereocenters. The molecule has 0 amide bonds. The zero-order valence-electron chi connectivity index (χ0n) is 4.26. The number of rotatable bonds is 0. The Morgan fingerprint density at radius 1 is 1.71 bits per heavy atom. The number of aryl methyl sites for hydroxylation is 1. The molecule has 0 unspecified atom stereocenters. The molecule has 1 rings (SSSR count). The van der Waals surface area contributed by atoms with Gasteiger partial charge in [-0.15, -0.1) is 0 Å². The van der Waals surface area contributed by atoms with Crippen molar-refractivity contribution in [2.75, 3.05) is 0 Å². The third-order valence-corrected chi connectivity index (χ3v) is 0.809. The fraction of sp³-hybridized carbons (Fsp3) is 0.200. The zero-order chi connectivity index (χ0) is 5.11. The number of hydrogen-bond acceptors (Lipinski definition) is 1. The summed E-state index contributed by atoms with van der Waals surface area (Å²) < 4.78 is 0. The molecular weight excluding hydrogens is 84.9 g/mol. The SMILES string of the molecule is Cc1bccnc1. The Morgan fingerprint density at radius 3 is 2.86 bits per heavy atom. The Kier molecular flexibility index (Phi) is 1.20. The molecule has 2 heteroatoms. The summed E-state index contributed by atoms with van der Waals surface area (Å²) in [7, 11) is 0. The van der Waals surface area contributed by atoms with Crippen molar-refractivity contribution < 1.29 is 0 Å². The topological polar surface area (TPSA) is 12.9 Å². The Balaban J connectivity index is 3.02. The first-order chi connectivity index (χ1) is 3.39. The van der Waals surface area contributed by atoms with Crippen LogP contribution in [-0.2, 0) is 0 Å². The molecule has 1 aromatic rings. The number of nitrogens with zero attached hydrogens (tertiary/aromatic N) is 1. The molecule has 0 saturated heterocycles. The van der Waals surface area contributed by atoms with E-state index in [0.29, 0.717) is 0 Å². The van der Waals surface area contributed by atoms with Crippen molar-refractivity contribution in [3.63, 3.8) is 0 Å². The fourth-order valence-electron chi connectivity index (χ4n) is 0.448. The van der Waals surface area contributed by atoms with Gasteiger partial charge < -0.3 is 0 Å². The number of aromatic nitrogens is 1. The summed E-state index contributed by atoms with van der Waals surface area (Å²) in [4.78, 5) is 3.88. The van der Waals surface area contributed by atoms with Crippen LogP contribution in [0.3, 0.4) is 0 Å². The average molecular weight is 90.9 g/mol. The van der Waals surface area contributed by atoms with E-state index in [4.69, 9.17) is 0 Å². The van der Waals surface area contributed by atoms with Gasteiger partial charge in [-0.3, -0.25) is 0 Å². The molecule has 1 aromatic heterocycles. The van der Waals surface area contributed by atoms with E-state index in [1.54, 1.807) is 6.20 Å². The molecule has 0 N–H and O–H groups in total. The van der Waals surface area contributed by atoms with Crippen molar-refractivity contribution in [1.82, 2.24) is 4.98 Å². The second-order valence-corrected chi connectivity index (χ2v) is 1.53. The molecule has 34 valence electrons. The van der Waals surface area contributed by atoms with Crippen molar-refractivity contribution >= 4 is 6.91 Å². The van der Waals surface area contributed by atoms with Gasteiger partial charge in [-0.25, -0.2) is 0 Å². The molecule has 1 nitrogen and oxygen atoms in total. The Bertz CT molecular complexity index is 138. The van der Waals surface area contributed by atoms with Crippen LogP contribution in [0.25, 0.3) is 0 Å². The van der Waals surface area contributed by atoms with E-state index in [-0.39, 0.29) is 0 Å². The van der Waals surface area contributed by atoms with Crippen LogP contribution in [0, 0.1) is 6.92 Å². The van der Waals surface area contributed by atoms with E-state index in [2.05, 4.69) is 4.98 Å². The van der Waals surface area contributed by atoms with Gasteiger partial charge in [0.2, 0.25) is 0 Å². The first-order valence-electron chi connectivity index (χ1n) is 2.26. The van der Waals surface area contributed by atoms with Gasteiger partial charge in [0.25, 0.3) is 0 Å². The second kappa shape index (κ2) is 1.87. The van der Waals surface area contributed by atoms with Gasteiger partial charge in [-0.2, -0.15) is 0 Å². The summed E-state index contributed by atoms with van der Waals surface area (Å²) >= 11 is 0. The maximum absolute atomic E-state index is 3.88. The molecule has 0 radical (unpaired) electrons. The average Bonchev–Trinajstić information content (AvgIpc) is 1.69. The molecule has 7 heavy (non-hydrogen) atoms. The maximum atomic E-state index is 3.88. The second-order valence-electron chi connectivity index (χ2n) is 1.53. The van der Waals surface area contributed by atoms with Crippen LogP contribution < -0.4 is 0 Å². The third-order valence-electron chi connectivity index (χ3n) is 0.809. The first kappa shape index (κ1) is 4.50. The van der Waals surface area contributed by atoms with Crippen LogP contribution in [0.5, 0.6) is 0 Å². The fourth-order valence-corrected chi connectivity index (χ4v) is 0.448. The van der Waals surface area contributed by atoms with E-state index in [1.165, 1.54) is 5.46 Å². The minimum atomic E-state index is 1.21. The van der Waals surface area contributed by atoms with E-state index in [1.807, 2.05) is 26.0 Å². The van der Waals surface area contributed by atoms with Crippen LogP contribution in [0.1, 0.15) is 5.46 Å². The summed E-state index contributed by atoms with van der Waals surface area (Å²) in [6, 6.07) is 0. The van der Waals surface area contributed by atoms with Crippen LogP contribution in [0.15, 0.2) is 18.4 Å². The molecule has 0 spiro atoms. The quantitative estimate of drug-likeness (QED) is 0.458. The molecule has 0 saturated carbocycles. The number of hydrogen-bond donors (Lipinski definition) is 0. The molecule has 0 aliphatic carbocycles. The van der Waals surface area contributed by atoms with Gasteiger partial charge in [-0.1, -0.05) is 0 Å². The Labute approximate surface area is 43.6 Å². The predicted molar refractivity (Wildman–Crippen MR) is 30.3 cm³/mol. The first-order valence-corrected chi connectivity index (χ1v) is 2.26. The van der Waals surface area contributed by atoms with Gasteiger partial charge in [0, 0.05) is 0 Å². The predicted octanol–water partition coefficient (Wildman–Crippen LogP) is 0.728. The molecular formula is C5H6BN. The van der Waals surface area contributed by atoms with E-state index in [9.17, 15) is 0 Å². The molecule has 0 aliphatic heterocycles. The van der Waals surface area contributed by atoms with Crippen molar-refractivity contribution in [1.29, 1.82) is 0 Å². The molecule has 1 heterocycles. The molecule has 0 aromatic carbocycles. The molecule has 0 fully saturated rings. The summed E-state index contributed by atoms with van der Waals surface area (Å²) in [6.07, 6.45) is 3.60. The third kappa shape index (κ3) is 1.11. The van der Waals surface area contributed by atoms with Crippen LogP contribution in [0.4, 0.5) is 0 Å². The van der Waals surface area contributed by atoms with Gasteiger partial charge >= 0.3 is 42.6 Å². The standard InChI is InChI=1S/C5H6BN/c1-5-4-7-3-2-6-5/h2-4H,1H3. The van der Waals surface area contributed by atoms with E-state index < -0.39 is 0 Å². The Morgan fingerprint density at radius 2 is 2.57 bits per heavy atom. The van der Waals surface area contributed by atoms with Crippen molar-refractivity contribution in [3.05, 3.63) is 23.8 Å². The van der Waals surface area contributed by atoms with Gasteiger partial charge in [0.05, 0.1) is 0 Å². The normalized spacial score (nSPS) is 8.14. The summed E-state index contributed by atoms with van der Waals surface area (Å²) in [5, 5.41) is 0. The van der Waals surface area contributed by atoms with Crippen molar-refractivity contribution in [2.24, 2.45) is 0 Å². The van der Waals surface area contributed by atoms with Crippen LogP contribution in [-0.4, -0.2) is 11.9 Å². The summed E-state index contributed by atoms with van der Waals surface area (Å²) in [5.41, 5.74) is 1.21. The minimum absolute atomic E-state index is 1.21. The van der Waals surface area contributed by atoms with Crippen LogP contribution >= 0.6 is 0 Å². The van der Waals surface area contributed by atoms with Crippen molar-refractivity contribution in [2.45, 2.75) is 6.92 Å². The molecule has 0 aliphatic rings. The van der Waals surface area contributed by atoms with Gasteiger partial charge in [0.1, 0.15) is 0 Å². The van der Waals surface area contributed by atoms with Gasteiger partial charge in [-0.05, 0) is 0 Å². The zero-order valence-corrected chi connectivity index (χ0v) is 4.26. The monoisotopic (exact) mass is 91.1 g/mol. The van der Waals surface area contributed by atoms with E-state index >= 15 is 0 Å². The van der Waals surface area contributed by atoms with E-state index in [0.717, 1.165) is 0 Å². The Hall–Kier alpha value is -0.655.